The molecule has 10 nitrogen and oxygen atoms in total. The average molecular weight is 477 g/mol. The molecule has 0 saturated carbocycles. The fourth-order valence-corrected chi connectivity index (χ4v) is 4.02. The van der Waals surface area contributed by atoms with Gasteiger partial charge in [0, 0.05) is 16.6 Å². The van der Waals surface area contributed by atoms with Crippen molar-refractivity contribution in [1.29, 1.82) is 5.26 Å². The van der Waals surface area contributed by atoms with Gasteiger partial charge in [0.1, 0.15) is 22.9 Å². The second kappa shape index (κ2) is 8.84. The van der Waals surface area contributed by atoms with Gasteiger partial charge in [0.05, 0.1) is 19.6 Å². The second-order valence-corrected chi connectivity index (χ2v) is 9.24. The van der Waals surface area contributed by atoms with Crippen LogP contribution in [0.15, 0.2) is 54.7 Å². The van der Waals surface area contributed by atoms with Crippen molar-refractivity contribution in [3.05, 3.63) is 71.4 Å². The number of aromatic nitrogens is 3. The molecule has 1 amide bonds. The Bertz CT molecular complexity index is 1550. The van der Waals surface area contributed by atoms with Crippen LogP contribution in [0.25, 0.3) is 16.7 Å². The van der Waals surface area contributed by atoms with Crippen LogP contribution in [0, 0.1) is 18.3 Å². The molecule has 0 aliphatic heterocycles. The van der Waals surface area contributed by atoms with Gasteiger partial charge in [-0.1, -0.05) is 12.1 Å². The van der Waals surface area contributed by atoms with E-state index in [2.05, 4.69) is 20.1 Å². The fraction of sp³-hybridized carbons (Fsp3) is 0.130. The molecule has 4 rings (SSSR count). The molecule has 34 heavy (non-hydrogen) atoms. The minimum absolute atomic E-state index is 0.156. The number of nitrogens with one attached hydrogen (secondary N) is 2. The zero-order chi connectivity index (χ0) is 24.5. The van der Waals surface area contributed by atoms with Gasteiger partial charge in [-0.3, -0.25) is 9.52 Å². The summed E-state index contributed by atoms with van der Waals surface area (Å²) in [6.07, 6.45) is 2.38. The smallest absolute Gasteiger partial charge is 0.256 e. The quantitative estimate of drug-likeness (QED) is 0.435. The highest BCUT2D eigenvalue weighted by Crippen LogP contribution is 2.29. The number of hydrogen-bond donors (Lipinski definition) is 2. The van der Waals surface area contributed by atoms with Crippen molar-refractivity contribution in [3.8, 4) is 17.6 Å². The van der Waals surface area contributed by atoms with Crippen LogP contribution in [0.5, 0.6) is 5.75 Å². The van der Waals surface area contributed by atoms with Gasteiger partial charge in [-0.2, -0.15) is 15.0 Å². The number of hydrogen-bond acceptors (Lipinski definition) is 7. The van der Waals surface area contributed by atoms with Crippen molar-refractivity contribution < 1.29 is 17.9 Å². The van der Waals surface area contributed by atoms with E-state index in [1.807, 2.05) is 25.1 Å². The molecule has 2 aromatic carbocycles. The summed E-state index contributed by atoms with van der Waals surface area (Å²) in [7, 11) is -1.88. The van der Waals surface area contributed by atoms with Crippen LogP contribution in [-0.2, 0) is 10.0 Å². The zero-order valence-corrected chi connectivity index (χ0v) is 19.3. The van der Waals surface area contributed by atoms with E-state index in [-0.39, 0.29) is 16.9 Å². The van der Waals surface area contributed by atoms with Gasteiger partial charge in [-0.25, -0.2) is 13.4 Å². The van der Waals surface area contributed by atoms with Crippen molar-refractivity contribution in [3.63, 3.8) is 0 Å². The number of fused-ring (bicyclic) bond motifs is 1. The number of carbonyl (C=O) groups is 1. The molecular formula is C23H20N6O4S. The van der Waals surface area contributed by atoms with E-state index in [1.165, 1.54) is 35.1 Å². The summed E-state index contributed by atoms with van der Waals surface area (Å²) in [6.45, 7) is 1.92. The molecule has 0 aliphatic carbocycles. The lowest BCUT2D eigenvalue weighted by atomic mass is 10.1. The van der Waals surface area contributed by atoms with E-state index in [0.717, 1.165) is 17.2 Å². The lowest BCUT2D eigenvalue weighted by Gasteiger charge is -2.13. The second-order valence-electron chi connectivity index (χ2n) is 7.49. The summed E-state index contributed by atoms with van der Waals surface area (Å²) >= 11 is 0. The lowest BCUT2D eigenvalue weighted by Crippen LogP contribution is -2.17. The molecular weight excluding hydrogens is 456 g/mol. The summed E-state index contributed by atoms with van der Waals surface area (Å²) in [5, 5.41) is 17.4. The Morgan fingerprint density at radius 2 is 1.91 bits per heavy atom. The Hall–Kier alpha value is -4.43. The number of sulfonamides is 1. The summed E-state index contributed by atoms with van der Waals surface area (Å²) in [5.41, 5.74) is 2.29. The molecule has 0 aliphatic rings. The maximum atomic E-state index is 12.9. The lowest BCUT2D eigenvalue weighted by molar-refractivity contribution is 0.102. The van der Waals surface area contributed by atoms with Crippen LogP contribution in [-0.4, -0.2) is 42.5 Å². The van der Waals surface area contributed by atoms with E-state index in [9.17, 15) is 18.5 Å². The van der Waals surface area contributed by atoms with Gasteiger partial charge in [-0.15, -0.1) is 0 Å². The van der Waals surface area contributed by atoms with Crippen LogP contribution < -0.4 is 14.8 Å². The van der Waals surface area contributed by atoms with Gasteiger partial charge in [-0.05, 0) is 48.9 Å². The van der Waals surface area contributed by atoms with E-state index in [4.69, 9.17) is 4.74 Å². The molecule has 2 heterocycles. The summed E-state index contributed by atoms with van der Waals surface area (Å²) < 4.78 is 31.9. The number of methoxy groups -OCH3 is 1. The summed E-state index contributed by atoms with van der Waals surface area (Å²) in [5.74, 6) is 0.647. The number of anilines is 2. The predicted octanol–water partition coefficient (Wildman–Crippen LogP) is 3.23. The Morgan fingerprint density at radius 3 is 2.56 bits per heavy atom. The number of benzene rings is 2. The molecule has 2 aromatic heterocycles. The first-order chi connectivity index (χ1) is 16.2. The number of ether oxygens (including phenoxy) is 1. The van der Waals surface area contributed by atoms with E-state index in [1.54, 1.807) is 19.2 Å². The van der Waals surface area contributed by atoms with Gasteiger partial charge < -0.3 is 10.1 Å². The van der Waals surface area contributed by atoms with Crippen LogP contribution in [0.2, 0.25) is 0 Å². The first-order valence-electron chi connectivity index (χ1n) is 10.0. The maximum Gasteiger partial charge on any atom is 0.256 e. The topological polar surface area (TPSA) is 139 Å². The Kier molecular flexibility index (Phi) is 5.91. The molecule has 0 spiro atoms. The molecule has 0 fully saturated rings. The predicted molar refractivity (Wildman–Crippen MR) is 128 cm³/mol. The monoisotopic (exact) mass is 476 g/mol. The molecule has 11 heteroatoms. The molecule has 4 aromatic rings. The van der Waals surface area contributed by atoms with E-state index in [0.29, 0.717) is 22.8 Å². The third-order valence-corrected chi connectivity index (χ3v) is 5.61. The molecule has 2 N–H and O–H groups in total. The number of para-hydroxylation sites is 1. The number of nitriles is 1. The number of pyridine rings is 1. The molecule has 172 valence electrons. The minimum atomic E-state index is -3.43. The van der Waals surface area contributed by atoms with Gasteiger partial charge in [0.15, 0.2) is 11.6 Å². The Labute approximate surface area is 195 Å². The highest BCUT2D eigenvalue weighted by atomic mass is 32.2. The fourth-order valence-electron chi connectivity index (χ4n) is 3.45. The van der Waals surface area contributed by atoms with Crippen molar-refractivity contribution in [1.82, 2.24) is 14.8 Å². The molecule has 0 saturated heterocycles. The highest BCUT2D eigenvalue weighted by Gasteiger charge is 2.19. The molecule has 0 radical (unpaired) electrons. The maximum absolute atomic E-state index is 12.9. The van der Waals surface area contributed by atoms with E-state index < -0.39 is 15.9 Å². The van der Waals surface area contributed by atoms with Crippen LogP contribution >= 0.6 is 0 Å². The first kappa shape index (κ1) is 22.8. The minimum Gasteiger partial charge on any atom is -0.494 e. The van der Waals surface area contributed by atoms with Crippen LogP contribution in [0.3, 0.4) is 0 Å². The Morgan fingerprint density at radius 1 is 1.18 bits per heavy atom. The molecule has 0 unspecified atom stereocenters. The summed E-state index contributed by atoms with van der Waals surface area (Å²) in [6, 6.07) is 15.3. The van der Waals surface area contributed by atoms with Crippen molar-refractivity contribution in [2.75, 3.05) is 23.4 Å². The standard InChI is InChI=1S/C23H20N6O4S/c1-14-11-20(26-21-18(14)5-4-6-19(21)33-2)29-22(16(12-24)13-25-29)27-23(30)15-7-9-17(10-8-15)28-34(3,31)32/h4-11,13,28H,1-3H3,(H,27,30). The zero-order valence-electron chi connectivity index (χ0n) is 18.5. The average Bonchev–Trinajstić information content (AvgIpc) is 3.20. The van der Waals surface area contributed by atoms with Crippen LogP contribution in [0.1, 0.15) is 21.5 Å². The number of aryl methyl sites for hydroxylation is 1. The van der Waals surface area contributed by atoms with Crippen molar-refractivity contribution >= 4 is 38.3 Å². The Balaban J connectivity index is 1.71. The molecule has 0 bridgehead atoms. The largest absolute Gasteiger partial charge is 0.494 e. The van der Waals surface area contributed by atoms with Gasteiger partial charge in [0.2, 0.25) is 10.0 Å². The van der Waals surface area contributed by atoms with Crippen molar-refractivity contribution in [2.45, 2.75) is 6.92 Å². The molecule has 0 atom stereocenters. The van der Waals surface area contributed by atoms with Gasteiger partial charge in [0.25, 0.3) is 5.91 Å². The number of carbonyl (C=O) groups excluding carboxylic acids is 1. The first-order valence-corrected chi connectivity index (χ1v) is 11.9. The third-order valence-electron chi connectivity index (χ3n) is 5.00. The van der Waals surface area contributed by atoms with Crippen LogP contribution in [0.4, 0.5) is 11.5 Å². The van der Waals surface area contributed by atoms with Gasteiger partial charge >= 0.3 is 0 Å². The number of amides is 1. The summed E-state index contributed by atoms with van der Waals surface area (Å²) in [4.78, 5) is 17.6. The number of nitrogens with zero attached hydrogens (tertiary/aromatic N) is 4. The third kappa shape index (κ3) is 4.53. The van der Waals surface area contributed by atoms with Crippen molar-refractivity contribution in [2.24, 2.45) is 0 Å². The SMILES string of the molecule is COc1cccc2c(C)cc(-n3ncc(C#N)c3NC(=O)c3ccc(NS(C)(=O)=O)cc3)nc12. The van der Waals surface area contributed by atoms with E-state index >= 15 is 0 Å². The highest BCUT2D eigenvalue weighted by molar-refractivity contribution is 7.92. The normalized spacial score (nSPS) is 11.1. The number of rotatable bonds is 6.